The van der Waals surface area contributed by atoms with Gasteiger partial charge in [0, 0.05) is 24.9 Å². The molecule has 4 rings (SSSR count). The van der Waals surface area contributed by atoms with Gasteiger partial charge < -0.3 is 9.64 Å². The van der Waals surface area contributed by atoms with Gasteiger partial charge >= 0.3 is 5.97 Å². The quantitative estimate of drug-likeness (QED) is 0.131. The summed E-state index contributed by atoms with van der Waals surface area (Å²) >= 11 is 0. The topological polar surface area (TPSA) is 46.6 Å². The number of Topliss-reactive ketones (excluding diaryl/α,β-unsaturated/α-hetero) is 1. The van der Waals surface area contributed by atoms with Crippen LogP contribution in [-0.2, 0) is 17.8 Å². The number of hydrogen-bond acceptors (Lipinski definition) is 4. The fourth-order valence-electron chi connectivity index (χ4n) is 3.55. The highest BCUT2D eigenvalue weighted by Gasteiger charge is 2.20. The van der Waals surface area contributed by atoms with Crippen LogP contribution >= 0.6 is 0 Å². The monoisotopic (exact) mass is 447 g/mol. The number of benzene rings is 4. The second kappa shape index (κ2) is 11.4. The summed E-state index contributed by atoms with van der Waals surface area (Å²) in [6.07, 6.45) is 1.65. The number of rotatable bonds is 9. The predicted octanol–water partition coefficient (Wildman–Crippen LogP) is 6.27. The summed E-state index contributed by atoms with van der Waals surface area (Å²) in [5.41, 5.74) is 2.99. The first kappa shape index (κ1) is 22.7. The molecule has 4 aromatic rings. The van der Waals surface area contributed by atoms with Crippen molar-refractivity contribution in [3.8, 4) is 0 Å². The smallest absolute Gasteiger partial charge is 0.343 e. The van der Waals surface area contributed by atoms with Gasteiger partial charge in [0.25, 0.3) is 0 Å². The molecule has 0 aromatic heterocycles. The van der Waals surface area contributed by atoms with Crippen LogP contribution in [0.5, 0.6) is 0 Å². The summed E-state index contributed by atoms with van der Waals surface area (Å²) < 4.78 is 5.69. The normalized spacial score (nSPS) is 11.0. The third kappa shape index (κ3) is 6.30. The Kier molecular flexibility index (Phi) is 7.65. The molecular weight excluding hydrogens is 422 g/mol. The molecule has 0 aliphatic heterocycles. The van der Waals surface area contributed by atoms with E-state index < -0.39 is 5.97 Å². The first-order valence-corrected chi connectivity index (χ1v) is 11.1. The lowest BCUT2D eigenvalue weighted by Gasteiger charge is -2.22. The van der Waals surface area contributed by atoms with Crippen LogP contribution < -0.4 is 0 Å². The van der Waals surface area contributed by atoms with Gasteiger partial charge in [-0.15, -0.1) is 0 Å². The van der Waals surface area contributed by atoms with Gasteiger partial charge in [0.15, 0.2) is 5.76 Å². The van der Waals surface area contributed by atoms with E-state index in [1.54, 1.807) is 54.7 Å². The van der Waals surface area contributed by atoms with Crippen molar-refractivity contribution in [1.29, 1.82) is 0 Å². The number of carbonyl (C=O) groups is 2. The van der Waals surface area contributed by atoms with E-state index in [0.29, 0.717) is 24.2 Å². The molecule has 4 heteroatoms. The van der Waals surface area contributed by atoms with Crippen LogP contribution in [-0.4, -0.2) is 16.7 Å². The number of nitrogens with zero attached hydrogens (tertiary/aromatic N) is 1. The Morgan fingerprint density at radius 3 is 1.47 bits per heavy atom. The minimum atomic E-state index is -0.574. The van der Waals surface area contributed by atoms with Crippen molar-refractivity contribution >= 4 is 11.8 Å². The van der Waals surface area contributed by atoms with Gasteiger partial charge in [-0.1, -0.05) is 109 Å². The molecule has 4 aromatic carbocycles. The summed E-state index contributed by atoms with van der Waals surface area (Å²) in [6.45, 7) is 1.09. The van der Waals surface area contributed by atoms with E-state index in [0.717, 1.165) is 11.1 Å². The highest BCUT2D eigenvalue weighted by Crippen LogP contribution is 2.17. The van der Waals surface area contributed by atoms with Crippen molar-refractivity contribution in [3.63, 3.8) is 0 Å². The Balaban J connectivity index is 1.69. The van der Waals surface area contributed by atoms with Crippen LogP contribution in [0, 0.1) is 0 Å². The third-order valence-corrected chi connectivity index (χ3v) is 5.23. The first-order valence-electron chi connectivity index (χ1n) is 11.1. The fourth-order valence-corrected chi connectivity index (χ4v) is 3.55. The molecule has 0 atom stereocenters. The van der Waals surface area contributed by atoms with Gasteiger partial charge in [0.2, 0.25) is 5.78 Å². The van der Waals surface area contributed by atoms with Crippen LogP contribution in [0.25, 0.3) is 0 Å². The molecule has 0 amide bonds. The average molecular weight is 448 g/mol. The molecule has 4 nitrogen and oxygen atoms in total. The van der Waals surface area contributed by atoms with Crippen LogP contribution in [0.1, 0.15) is 31.8 Å². The molecule has 0 aliphatic rings. The Hall–Kier alpha value is -4.44. The molecule has 0 fully saturated rings. The number of esters is 1. The number of hydrogen-bond donors (Lipinski definition) is 0. The summed E-state index contributed by atoms with van der Waals surface area (Å²) in [5, 5.41) is 0. The van der Waals surface area contributed by atoms with Gasteiger partial charge in [-0.05, 0) is 23.3 Å². The van der Waals surface area contributed by atoms with Gasteiger partial charge in [-0.25, -0.2) is 4.79 Å². The molecular formula is C30H25NO3. The Bertz CT molecular complexity index is 1200. The zero-order chi connectivity index (χ0) is 23.6. The maximum Gasteiger partial charge on any atom is 0.343 e. The summed E-state index contributed by atoms with van der Waals surface area (Å²) in [6, 6.07) is 37.5. The molecule has 0 saturated carbocycles. The Morgan fingerprint density at radius 2 is 1.00 bits per heavy atom. The number of carbonyl (C=O) groups excluding carboxylic acids is 2. The van der Waals surface area contributed by atoms with Gasteiger partial charge in [-0.2, -0.15) is 0 Å². The first-order chi connectivity index (χ1) is 16.7. The number of ketones is 1. The Labute approximate surface area is 199 Å². The lowest BCUT2D eigenvalue weighted by molar-refractivity contribution is 0.0580. The second-order valence-corrected chi connectivity index (χ2v) is 7.82. The lowest BCUT2D eigenvalue weighted by atomic mass is 10.1. The average Bonchev–Trinajstić information content (AvgIpc) is 2.90. The zero-order valence-corrected chi connectivity index (χ0v) is 18.7. The van der Waals surface area contributed by atoms with E-state index in [1.165, 1.54) is 0 Å². The van der Waals surface area contributed by atoms with Gasteiger partial charge in [-0.3, -0.25) is 4.79 Å². The van der Waals surface area contributed by atoms with E-state index >= 15 is 0 Å². The van der Waals surface area contributed by atoms with Crippen LogP contribution in [0.3, 0.4) is 0 Å². The van der Waals surface area contributed by atoms with Crippen molar-refractivity contribution in [3.05, 3.63) is 156 Å². The molecule has 34 heavy (non-hydrogen) atoms. The molecule has 0 heterocycles. The highest BCUT2D eigenvalue weighted by molar-refractivity contribution is 6.09. The molecule has 0 aliphatic carbocycles. The molecule has 0 radical (unpaired) electrons. The van der Waals surface area contributed by atoms with E-state index in [4.69, 9.17) is 4.74 Å². The van der Waals surface area contributed by atoms with Crippen molar-refractivity contribution in [2.45, 2.75) is 13.1 Å². The zero-order valence-electron chi connectivity index (χ0n) is 18.7. The van der Waals surface area contributed by atoms with E-state index in [2.05, 4.69) is 0 Å². The Morgan fingerprint density at radius 1 is 0.588 bits per heavy atom. The van der Waals surface area contributed by atoms with Crippen LogP contribution in [0.2, 0.25) is 0 Å². The standard InChI is InChI=1S/C30H25NO3/c32-29(26-17-9-3-10-18-26)28(34-30(33)27-19-11-4-12-20-27)23-31(21-24-13-5-1-6-14-24)22-25-15-7-2-8-16-25/h1-20,23H,21-22H2/b28-23-. The van der Waals surface area contributed by atoms with Crippen molar-refractivity contribution in [1.82, 2.24) is 4.90 Å². The van der Waals surface area contributed by atoms with Crippen LogP contribution in [0.4, 0.5) is 0 Å². The summed E-state index contributed by atoms with van der Waals surface area (Å²) in [7, 11) is 0. The van der Waals surface area contributed by atoms with E-state index in [-0.39, 0.29) is 11.5 Å². The summed E-state index contributed by atoms with van der Waals surface area (Å²) in [5.74, 6) is -0.946. The maximum atomic E-state index is 13.4. The minimum Gasteiger partial charge on any atom is -0.417 e. The van der Waals surface area contributed by atoms with Gasteiger partial charge in [0.1, 0.15) is 0 Å². The molecule has 0 spiro atoms. The number of ether oxygens (including phenoxy) is 1. The molecule has 0 unspecified atom stereocenters. The van der Waals surface area contributed by atoms with Crippen molar-refractivity contribution in [2.24, 2.45) is 0 Å². The highest BCUT2D eigenvalue weighted by atomic mass is 16.5. The maximum absolute atomic E-state index is 13.4. The largest absolute Gasteiger partial charge is 0.417 e. The molecule has 0 N–H and O–H groups in total. The van der Waals surface area contributed by atoms with E-state index in [1.807, 2.05) is 77.7 Å². The molecule has 168 valence electrons. The molecule has 0 bridgehead atoms. The summed E-state index contributed by atoms with van der Waals surface area (Å²) in [4.78, 5) is 28.2. The SMILES string of the molecule is O=C(O/C(=C\N(Cc1ccccc1)Cc1ccccc1)C(=O)c1ccccc1)c1ccccc1. The fraction of sp³-hybridized carbons (Fsp3) is 0.0667. The van der Waals surface area contributed by atoms with E-state index in [9.17, 15) is 9.59 Å². The number of allylic oxidation sites excluding steroid dienone is 1. The minimum absolute atomic E-state index is 0.0214. The molecule has 0 saturated heterocycles. The second-order valence-electron chi connectivity index (χ2n) is 7.82. The third-order valence-electron chi connectivity index (χ3n) is 5.23. The van der Waals surface area contributed by atoms with Crippen LogP contribution in [0.15, 0.2) is 133 Å². The predicted molar refractivity (Wildman–Crippen MR) is 133 cm³/mol. The van der Waals surface area contributed by atoms with Crippen molar-refractivity contribution in [2.75, 3.05) is 0 Å². The lowest BCUT2D eigenvalue weighted by Crippen LogP contribution is -2.21. The van der Waals surface area contributed by atoms with Gasteiger partial charge in [0.05, 0.1) is 5.56 Å². The van der Waals surface area contributed by atoms with Crippen molar-refractivity contribution < 1.29 is 14.3 Å².